The average molecular weight is 398 g/mol. The van der Waals surface area contributed by atoms with Gasteiger partial charge in [-0.2, -0.15) is 0 Å². The number of fused-ring (bicyclic) bond motifs is 1. The Balaban J connectivity index is 1.88. The van der Waals surface area contributed by atoms with Crippen LogP contribution in [0.25, 0.3) is 23.1 Å². The van der Waals surface area contributed by atoms with Crippen molar-refractivity contribution in [1.29, 1.82) is 0 Å². The van der Waals surface area contributed by atoms with Crippen molar-refractivity contribution in [1.82, 2.24) is 4.98 Å². The van der Waals surface area contributed by atoms with Crippen molar-refractivity contribution >= 4 is 45.0 Å². The molecule has 0 aliphatic carbocycles. The van der Waals surface area contributed by atoms with Crippen LogP contribution >= 0.6 is 15.9 Å². The van der Waals surface area contributed by atoms with Crippen LogP contribution in [0.1, 0.15) is 18.2 Å². The number of hydrogen-bond acceptors (Lipinski definition) is 4. The predicted octanol–water partition coefficient (Wildman–Crippen LogP) is 5.10. The van der Waals surface area contributed by atoms with Gasteiger partial charge in [0, 0.05) is 12.3 Å². The number of carbonyl (C=O) groups is 1. The monoisotopic (exact) mass is 397 g/mol. The van der Waals surface area contributed by atoms with E-state index >= 15 is 0 Å². The first-order valence-electron chi connectivity index (χ1n) is 7.66. The van der Waals surface area contributed by atoms with Gasteiger partial charge in [-0.1, -0.05) is 30.3 Å². The van der Waals surface area contributed by atoms with Gasteiger partial charge >= 0.3 is 5.97 Å². The number of para-hydroxylation sites is 1. The fraction of sp³-hybridized carbons (Fsp3) is 0.100. The van der Waals surface area contributed by atoms with Gasteiger partial charge in [-0.25, -0.2) is 4.98 Å². The van der Waals surface area contributed by atoms with E-state index in [1.165, 1.54) is 6.92 Å². The maximum Gasteiger partial charge on any atom is 0.308 e. The lowest BCUT2D eigenvalue weighted by Crippen LogP contribution is -2.01. The predicted molar refractivity (Wildman–Crippen MR) is 103 cm³/mol. The number of rotatable bonds is 4. The van der Waals surface area contributed by atoms with Gasteiger partial charge in [0.1, 0.15) is 17.0 Å². The summed E-state index contributed by atoms with van der Waals surface area (Å²) in [7, 11) is 1.64. The molecule has 126 valence electrons. The summed E-state index contributed by atoms with van der Waals surface area (Å²) in [5, 5.41) is 1.03. The summed E-state index contributed by atoms with van der Waals surface area (Å²) in [6.45, 7) is 1.37. The molecule has 0 bridgehead atoms. The van der Waals surface area contributed by atoms with Crippen molar-refractivity contribution in [2.24, 2.45) is 0 Å². The van der Waals surface area contributed by atoms with Crippen LogP contribution in [0, 0.1) is 0 Å². The summed E-state index contributed by atoms with van der Waals surface area (Å²) in [6, 6.07) is 15.3. The Morgan fingerprint density at radius 1 is 1.08 bits per heavy atom. The summed E-state index contributed by atoms with van der Waals surface area (Å²) in [5.41, 5.74) is 2.63. The highest BCUT2D eigenvalue weighted by Crippen LogP contribution is 2.27. The molecule has 5 heteroatoms. The number of halogens is 1. The topological polar surface area (TPSA) is 48.4 Å². The van der Waals surface area contributed by atoms with Crippen LogP contribution in [0.2, 0.25) is 0 Å². The van der Waals surface area contributed by atoms with E-state index in [9.17, 15) is 4.79 Å². The Morgan fingerprint density at radius 2 is 1.92 bits per heavy atom. The Labute approximate surface area is 154 Å². The number of esters is 1. The molecule has 0 spiro atoms. The molecule has 0 aliphatic rings. The minimum absolute atomic E-state index is 0.349. The second-order valence-corrected chi connectivity index (χ2v) is 6.24. The van der Waals surface area contributed by atoms with Crippen LogP contribution in [0.5, 0.6) is 11.5 Å². The summed E-state index contributed by atoms with van der Waals surface area (Å²) in [4.78, 5) is 15.7. The van der Waals surface area contributed by atoms with Crippen LogP contribution < -0.4 is 9.47 Å². The van der Waals surface area contributed by atoms with Crippen molar-refractivity contribution < 1.29 is 14.3 Å². The molecule has 4 nitrogen and oxygen atoms in total. The lowest BCUT2D eigenvalue weighted by molar-refractivity contribution is -0.131. The third kappa shape index (κ3) is 4.06. The Bertz CT molecular complexity index is 966. The normalized spacial score (nSPS) is 11.0. The largest absolute Gasteiger partial charge is 0.494 e. The molecular weight excluding hydrogens is 382 g/mol. The number of methoxy groups -OCH3 is 1. The fourth-order valence-electron chi connectivity index (χ4n) is 2.43. The molecular formula is C20H16BrNO3. The minimum Gasteiger partial charge on any atom is -0.494 e. The third-order valence-corrected chi connectivity index (χ3v) is 4.20. The van der Waals surface area contributed by atoms with E-state index in [1.54, 1.807) is 13.2 Å². The van der Waals surface area contributed by atoms with E-state index in [0.29, 0.717) is 5.75 Å². The summed E-state index contributed by atoms with van der Waals surface area (Å²) >= 11 is 3.41. The van der Waals surface area contributed by atoms with Crippen LogP contribution in [0.4, 0.5) is 0 Å². The lowest BCUT2D eigenvalue weighted by atomic mass is 10.1. The van der Waals surface area contributed by atoms with Crippen molar-refractivity contribution in [2.75, 3.05) is 7.11 Å². The van der Waals surface area contributed by atoms with Crippen molar-refractivity contribution in [3.05, 3.63) is 64.3 Å². The number of hydrogen-bond donors (Lipinski definition) is 0. The van der Waals surface area contributed by atoms with Gasteiger partial charge < -0.3 is 9.47 Å². The lowest BCUT2D eigenvalue weighted by Gasteiger charge is -2.06. The fourth-order valence-corrected chi connectivity index (χ4v) is 2.91. The van der Waals surface area contributed by atoms with E-state index < -0.39 is 0 Å². The van der Waals surface area contributed by atoms with Gasteiger partial charge in [0.2, 0.25) is 0 Å². The summed E-state index contributed by atoms with van der Waals surface area (Å²) in [6.07, 6.45) is 3.88. The van der Waals surface area contributed by atoms with Gasteiger partial charge in [0.05, 0.1) is 17.3 Å². The smallest absolute Gasteiger partial charge is 0.308 e. The number of aromatic nitrogens is 1. The van der Waals surface area contributed by atoms with Crippen LogP contribution in [-0.4, -0.2) is 18.1 Å². The van der Waals surface area contributed by atoms with Crippen LogP contribution in [-0.2, 0) is 4.79 Å². The quantitative estimate of drug-likeness (QED) is 0.453. The number of ether oxygens (including phenoxy) is 2. The van der Waals surface area contributed by atoms with Gasteiger partial charge in [0.15, 0.2) is 0 Å². The molecule has 0 aliphatic heterocycles. The molecule has 0 N–H and O–H groups in total. The Morgan fingerprint density at radius 3 is 2.64 bits per heavy atom. The molecule has 0 unspecified atom stereocenters. The van der Waals surface area contributed by atoms with E-state index in [4.69, 9.17) is 9.47 Å². The second kappa shape index (κ2) is 7.49. The van der Waals surface area contributed by atoms with Crippen LogP contribution in [0.3, 0.4) is 0 Å². The van der Waals surface area contributed by atoms with E-state index in [1.807, 2.05) is 54.6 Å². The molecule has 2 aromatic carbocycles. The van der Waals surface area contributed by atoms with Crippen molar-refractivity contribution in [3.63, 3.8) is 0 Å². The molecule has 0 saturated heterocycles. The molecule has 1 heterocycles. The Hall–Kier alpha value is -2.66. The standard InChI is InChI=1S/C20H16BrNO3/c1-13(23)25-18-11-7-14(12-17(18)21)6-9-16-10-8-15-4-3-5-19(24-2)20(15)22-16/h3-12H,1-2H3. The first kappa shape index (κ1) is 17.2. The van der Waals surface area contributed by atoms with Gasteiger partial charge in [0.25, 0.3) is 0 Å². The molecule has 3 rings (SSSR count). The molecule has 25 heavy (non-hydrogen) atoms. The van der Waals surface area contributed by atoms with E-state index in [2.05, 4.69) is 20.9 Å². The average Bonchev–Trinajstić information content (AvgIpc) is 2.61. The SMILES string of the molecule is COc1cccc2ccc(C=Cc3ccc(OC(C)=O)c(Br)c3)nc12. The van der Waals surface area contributed by atoms with Gasteiger partial charge in [-0.15, -0.1) is 0 Å². The number of carbonyl (C=O) groups excluding carboxylic acids is 1. The highest BCUT2D eigenvalue weighted by Gasteiger charge is 2.05. The highest BCUT2D eigenvalue weighted by molar-refractivity contribution is 9.10. The Kier molecular flexibility index (Phi) is 5.14. The van der Waals surface area contributed by atoms with Crippen molar-refractivity contribution in [3.8, 4) is 11.5 Å². The van der Waals surface area contributed by atoms with Gasteiger partial charge in [-0.3, -0.25) is 4.79 Å². The molecule has 0 fully saturated rings. The number of pyridine rings is 1. The van der Waals surface area contributed by atoms with E-state index in [-0.39, 0.29) is 5.97 Å². The molecule has 0 atom stereocenters. The zero-order valence-electron chi connectivity index (χ0n) is 13.8. The minimum atomic E-state index is -0.349. The van der Waals surface area contributed by atoms with Crippen LogP contribution in [0.15, 0.2) is 53.0 Å². The summed E-state index contributed by atoms with van der Waals surface area (Å²) < 4.78 is 11.2. The molecule has 1 aromatic heterocycles. The molecule has 0 amide bonds. The highest BCUT2D eigenvalue weighted by atomic mass is 79.9. The molecule has 3 aromatic rings. The number of nitrogens with zero attached hydrogens (tertiary/aromatic N) is 1. The van der Waals surface area contributed by atoms with E-state index in [0.717, 1.165) is 32.4 Å². The first-order valence-corrected chi connectivity index (χ1v) is 8.46. The molecule has 0 radical (unpaired) electrons. The second-order valence-electron chi connectivity index (χ2n) is 5.38. The summed E-state index contributed by atoms with van der Waals surface area (Å²) in [5.74, 6) is 0.901. The molecule has 0 saturated carbocycles. The zero-order chi connectivity index (χ0) is 17.8. The first-order chi connectivity index (χ1) is 12.1. The third-order valence-electron chi connectivity index (χ3n) is 3.58. The maximum atomic E-state index is 11.0. The maximum absolute atomic E-state index is 11.0. The van der Waals surface area contributed by atoms with Crippen molar-refractivity contribution in [2.45, 2.75) is 6.92 Å². The van der Waals surface area contributed by atoms with Gasteiger partial charge in [-0.05, 0) is 51.8 Å². The number of benzene rings is 2. The zero-order valence-corrected chi connectivity index (χ0v) is 15.4.